The quantitative estimate of drug-likeness (QED) is 0.710. The summed E-state index contributed by atoms with van der Waals surface area (Å²) in [5.74, 6) is -0.731. The maximum absolute atomic E-state index is 11.1. The second kappa shape index (κ2) is 7.83. The second-order valence-electron chi connectivity index (χ2n) is 4.77. The van der Waals surface area contributed by atoms with Crippen molar-refractivity contribution >= 4 is 17.7 Å². The lowest BCUT2D eigenvalue weighted by molar-refractivity contribution is -0.142. The van der Waals surface area contributed by atoms with E-state index in [1.165, 1.54) is 31.3 Å². The van der Waals surface area contributed by atoms with E-state index >= 15 is 0 Å². The molecule has 2 heterocycles. The molecule has 1 unspecified atom stereocenters. The highest BCUT2D eigenvalue weighted by Gasteiger charge is 2.28. The van der Waals surface area contributed by atoms with Gasteiger partial charge in [-0.3, -0.25) is 24.2 Å². The van der Waals surface area contributed by atoms with Gasteiger partial charge in [0, 0.05) is 31.4 Å². The summed E-state index contributed by atoms with van der Waals surface area (Å²) in [6, 6.07) is 0. The first-order valence-electron chi connectivity index (χ1n) is 6.53. The van der Waals surface area contributed by atoms with Gasteiger partial charge in [0.25, 0.3) is 17.7 Å². The Hall–Kier alpha value is -2.03. The highest BCUT2D eigenvalue weighted by Crippen LogP contribution is 2.14. The van der Waals surface area contributed by atoms with Crippen molar-refractivity contribution in [3.8, 4) is 0 Å². The summed E-state index contributed by atoms with van der Waals surface area (Å²) in [6.45, 7) is 3.44. The molecular formula is C14H20N2O6. The van der Waals surface area contributed by atoms with Gasteiger partial charge in [-0.05, 0) is 19.9 Å². The van der Waals surface area contributed by atoms with E-state index in [4.69, 9.17) is 4.74 Å². The van der Waals surface area contributed by atoms with Crippen molar-refractivity contribution < 1.29 is 29.0 Å². The fourth-order valence-corrected chi connectivity index (χ4v) is 1.89. The monoisotopic (exact) mass is 312 g/mol. The molecule has 0 aromatic rings. The number of carbonyl (C=O) groups excluding carboxylic acids is 3. The van der Waals surface area contributed by atoms with Crippen molar-refractivity contribution in [2.24, 2.45) is 0 Å². The lowest BCUT2D eigenvalue weighted by Gasteiger charge is -2.18. The molecule has 8 nitrogen and oxygen atoms in total. The summed E-state index contributed by atoms with van der Waals surface area (Å²) in [6.07, 6.45) is 1.99. The predicted octanol–water partition coefficient (Wildman–Crippen LogP) is -0.397. The van der Waals surface area contributed by atoms with Crippen LogP contribution in [0.1, 0.15) is 13.8 Å². The molecule has 2 rings (SSSR count). The van der Waals surface area contributed by atoms with E-state index in [9.17, 15) is 19.5 Å². The van der Waals surface area contributed by atoms with Crippen LogP contribution >= 0.6 is 0 Å². The number of rotatable bonds is 4. The third-order valence-corrected chi connectivity index (χ3v) is 3.03. The van der Waals surface area contributed by atoms with Gasteiger partial charge in [-0.25, -0.2) is 0 Å². The number of aliphatic hydroxyl groups is 1. The molecule has 122 valence electrons. The Morgan fingerprint density at radius 3 is 2.00 bits per heavy atom. The summed E-state index contributed by atoms with van der Waals surface area (Å²) in [7, 11) is 2.92. The molecule has 1 N–H and O–H groups in total. The molecule has 0 aromatic heterocycles. The minimum atomic E-state index is -0.817. The van der Waals surface area contributed by atoms with Gasteiger partial charge in [-0.2, -0.15) is 0 Å². The third-order valence-electron chi connectivity index (χ3n) is 3.03. The minimum Gasteiger partial charge on any atom is -0.370 e. The van der Waals surface area contributed by atoms with Crippen molar-refractivity contribution in [3.05, 3.63) is 23.3 Å². The molecule has 1 atom stereocenters. The maximum Gasteiger partial charge on any atom is 0.258 e. The van der Waals surface area contributed by atoms with Gasteiger partial charge in [-0.1, -0.05) is 0 Å². The van der Waals surface area contributed by atoms with Crippen LogP contribution in [0.15, 0.2) is 23.3 Å². The van der Waals surface area contributed by atoms with E-state index in [-0.39, 0.29) is 31.2 Å². The average Bonchev–Trinajstić information content (AvgIpc) is 2.84. The molecule has 0 bridgehead atoms. The van der Waals surface area contributed by atoms with Gasteiger partial charge in [0.2, 0.25) is 0 Å². The highest BCUT2D eigenvalue weighted by atomic mass is 16.5. The zero-order valence-electron chi connectivity index (χ0n) is 13.0. The van der Waals surface area contributed by atoms with Crippen molar-refractivity contribution in [1.29, 1.82) is 0 Å². The van der Waals surface area contributed by atoms with E-state index in [0.29, 0.717) is 11.1 Å². The van der Waals surface area contributed by atoms with E-state index in [1.54, 1.807) is 13.8 Å². The molecule has 0 radical (unpaired) electrons. The molecule has 2 aliphatic rings. The second-order valence-corrected chi connectivity index (χ2v) is 4.77. The number of hydrogen-bond acceptors (Lipinski definition) is 6. The smallest absolute Gasteiger partial charge is 0.258 e. The molecule has 2 aliphatic heterocycles. The lowest BCUT2D eigenvalue weighted by atomic mass is 10.3. The van der Waals surface area contributed by atoms with Gasteiger partial charge in [-0.15, -0.1) is 0 Å². The first-order valence-corrected chi connectivity index (χ1v) is 6.53. The van der Waals surface area contributed by atoms with Crippen LogP contribution < -0.4 is 0 Å². The molecule has 0 saturated carbocycles. The Bertz CT molecular complexity index is 525. The third kappa shape index (κ3) is 4.00. The Labute approximate surface area is 128 Å². The number of aliphatic hydroxyl groups excluding tert-OH is 1. The molecule has 8 heteroatoms. The van der Waals surface area contributed by atoms with Crippen LogP contribution in [0.25, 0.3) is 0 Å². The van der Waals surface area contributed by atoms with Gasteiger partial charge in [0.05, 0.1) is 0 Å². The fraction of sp³-hybridized carbons (Fsp3) is 0.500. The fourth-order valence-electron chi connectivity index (χ4n) is 1.89. The van der Waals surface area contributed by atoms with Crippen molar-refractivity contribution in [1.82, 2.24) is 9.80 Å². The number of imide groups is 1. The Kier molecular flexibility index (Phi) is 6.41. The first-order chi connectivity index (χ1) is 10.3. The minimum absolute atomic E-state index is 0.0332. The number of amides is 3. The molecule has 22 heavy (non-hydrogen) atoms. The van der Waals surface area contributed by atoms with Gasteiger partial charge in [0.15, 0.2) is 6.23 Å². The number of hydrogen-bond donors (Lipinski definition) is 1. The number of ether oxygens (including phenoxy) is 2. The van der Waals surface area contributed by atoms with Crippen LogP contribution in [0.2, 0.25) is 0 Å². The Morgan fingerprint density at radius 2 is 1.64 bits per heavy atom. The van der Waals surface area contributed by atoms with Crippen molar-refractivity contribution in [2.75, 3.05) is 27.7 Å². The average molecular weight is 312 g/mol. The normalized spacial score (nSPS) is 21.0. The van der Waals surface area contributed by atoms with Crippen molar-refractivity contribution in [3.63, 3.8) is 0 Å². The van der Waals surface area contributed by atoms with Crippen LogP contribution in [-0.4, -0.2) is 66.5 Å². The molecule has 0 saturated heterocycles. The number of carbonyl (C=O) groups is 3. The summed E-state index contributed by atoms with van der Waals surface area (Å²) < 4.78 is 9.39. The summed E-state index contributed by atoms with van der Waals surface area (Å²) in [4.78, 5) is 35.4. The summed E-state index contributed by atoms with van der Waals surface area (Å²) in [5, 5.41) is 9.21. The van der Waals surface area contributed by atoms with E-state index < -0.39 is 6.23 Å². The zero-order chi connectivity index (χ0) is 16.9. The van der Waals surface area contributed by atoms with Crippen LogP contribution in [0, 0.1) is 0 Å². The summed E-state index contributed by atoms with van der Waals surface area (Å²) in [5.41, 5.74) is 1.03. The molecular weight excluding hydrogens is 292 g/mol. The standard InChI is InChI=1S/C7H11NO3.C7H9NO3/c2*1-5-3-6(9)8(4-11-2)7(5)10/h3,6,9H,4H2,1-2H3;3H,4H2,1-2H3. The number of nitrogens with zero attached hydrogens (tertiary/aromatic N) is 2. The van der Waals surface area contributed by atoms with Gasteiger partial charge in [0.1, 0.15) is 13.5 Å². The summed E-state index contributed by atoms with van der Waals surface area (Å²) >= 11 is 0. The van der Waals surface area contributed by atoms with Crippen LogP contribution in [-0.2, 0) is 23.9 Å². The van der Waals surface area contributed by atoms with Crippen LogP contribution in [0.3, 0.4) is 0 Å². The predicted molar refractivity (Wildman–Crippen MR) is 76.0 cm³/mol. The Balaban J connectivity index is 0.000000220. The van der Waals surface area contributed by atoms with Gasteiger partial charge < -0.3 is 14.6 Å². The first kappa shape index (κ1) is 18.0. The Morgan fingerprint density at radius 1 is 1.05 bits per heavy atom. The topological polar surface area (TPSA) is 96.4 Å². The zero-order valence-corrected chi connectivity index (χ0v) is 13.0. The van der Waals surface area contributed by atoms with E-state index in [2.05, 4.69) is 4.74 Å². The highest BCUT2D eigenvalue weighted by molar-refractivity contribution is 6.15. The number of methoxy groups -OCH3 is 2. The van der Waals surface area contributed by atoms with E-state index in [0.717, 1.165) is 4.90 Å². The van der Waals surface area contributed by atoms with Crippen LogP contribution in [0.5, 0.6) is 0 Å². The van der Waals surface area contributed by atoms with Gasteiger partial charge >= 0.3 is 0 Å². The molecule has 0 aromatic carbocycles. The SMILES string of the molecule is COCN1C(=O)C(C)=CC1O.COCN1C(=O)C=C(C)C1=O. The van der Waals surface area contributed by atoms with Crippen molar-refractivity contribution in [2.45, 2.75) is 20.1 Å². The molecule has 0 fully saturated rings. The lowest BCUT2D eigenvalue weighted by Crippen LogP contribution is -2.35. The molecule has 0 spiro atoms. The maximum atomic E-state index is 11.1. The molecule has 0 aliphatic carbocycles. The van der Waals surface area contributed by atoms with E-state index in [1.807, 2.05) is 0 Å². The largest absolute Gasteiger partial charge is 0.370 e. The molecule has 3 amide bonds. The van der Waals surface area contributed by atoms with Crippen LogP contribution in [0.4, 0.5) is 0 Å².